The first kappa shape index (κ1) is 20.3. The predicted octanol–water partition coefficient (Wildman–Crippen LogP) is 1.77. The summed E-state index contributed by atoms with van der Waals surface area (Å²) < 4.78 is 28.1. The molecule has 0 bridgehead atoms. The van der Waals surface area contributed by atoms with Crippen LogP contribution in [-0.4, -0.2) is 53.2 Å². The molecule has 0 atom stereocenters. The first-order chi connectivity index (χ1) is 14.3. The highest BCUT2D eigenvalue weighted by Crippen LogP contribution is 2.26. The summed E-state index contributed by atoms with van der Waals surface area (Å²) in [6.07, 6.45) is 1.41. The molecule has 1 saturated heterocycles. The molecular weight excluding hydrogens is 434 g/mol. The quantitative estimate of drug-likeness (QED) is 0.440. The predicted molar refractivity (Wildman–Crippen MR) is 111 cm³/mol. The number of aromatic nitrogens is 2. The van der Waals surface area contributed by atoms with Crippen molar-refractivity contribution in [2.24, 2.45) is 0 Å². The fourth-order valence-electron chi connectivity index (χ4n) is 3.34. The van der Waals surface area contributed by atoms with Crippen LogP contribution in [0.5, 0.6) is 0 Å². The van der Waals surface area contributed by atoms with Crippen LogP contribution in [0.3, 0.4) is 0 Å². The third kappa shape index (κ3) is 3.51. The zero-order valence-corrected chi connectivity index (χ0v) is 17.1. The molecule has 0 saturated carbocycles. The molecule has 1 aromatic carbocycles. The molecule has 0 radical (unpaired) electrons. The molecule has 1 fully saturated rings. The molecule has 1 aliphatic heterocycles. The van der Waals surface area contributed by atoms with Crippen LogP contribution in [0.2, 0.25) is 5.02 Å². The molecule has 0 spiro atoms. The second-order valence-corrected chi connectivity index (χ2v) is 8.99. The summed E-state index contributed by atoms with van der Waals surface area (Å²) in [6.45, 7) is 0.502. The molecule has 1 aliphatic rings. The van der Waals surface area contributed by atoms with Crippen LogP contribution < -0.4 is 10.5 Å². The van der Waals surface area contributed by atoms with E-state index in [4.69, 9.17) is 11.6 Å². The SMILES string of the molecule is O=c1c([N+](=O)[O-])c(N2CCN(S(=O)(=O)c3ccc(Cl)cc3)CC2)nc2ccccn12. The average molecular weight is 450 g/mol. The zero-order valence-electron chi connectivity index (χ0n) is 15.5. The number of fused-ring (bicyclic) bond motifs is 1. The second kappa shape index (κ2) is 7.67. The van der Waals surface area contributed by atoms with Gasteiger partial charge in [-0.2, -0.15) is 4.31 Å². The van der Waals surface area contributed by atoms with Crippen LogP contribution in [-0.2, 0) is 10.0 Å². The highest BCUT2D eigenvalue weighted by atomic mass is 35.5. The van der Waals surface area contributed by atoms with Gasteiger partial charge in [0.1, 0.15) is 5.65 Å². The maximum atomic E-state index is 12.8. The Morgan fingerprint density at radius 2 is 1.70 bits per heavy atom. The fraction of sp³-hybridized carbons (Fsp3) is 0.222. The Bertz CT molecular complexity index is 1280. The third-order valence-electron chi connectivity index (χ3n) is 4.86. The number of pyridine rings is 1. The van der Waals surface area contributed by atoms with Crippen LogP contribution in [0.1, 0.15) is 0 Å². The van der Waals surface area contributed by atoms with E-state index >= 15 is 0 Å². The van der Waals surface area contributed by atoms with Gasteiger partial charge in [0.05, 0.1) is 9.82 Å². The van der Waals surface area contributed by atoms with Crippen molar-refractivity contribution in [3.05, 3.63) is 74.2 Å². The maximum Gasteiger partial charge on any atom is 0.376 e. The number of rotatable bonds is 4. The summed E-state index contributed by atoms with van der Waals surface area (Å²) in [7, 11) is -3.73. The highest BCUT2D eigenvalue weighted by Gasteiger charge is 2.33. The molecule has 156 valence electrons. The van der Waals surface area contributed by atoms with Crippen molar-refractivity contribution in [2.75, 3.05) is 31.1 Å². The van der Waals surface area contributed by atoms with E-state index in [-0.39, 0.29) is 42.5 Å². The van der Waals surface area contributed by atoms with Gasteiger partial charge in [-0.1, -0.05) is 17.7 Å². The average Bonchev–Trinajstić information content (AvgIpc) is 2.74. The van der Waals surface area contributed by atoms with Gasteiger partial charge in [0, 0.05) is 37.4 Å². The lowest BCUT2D eigenvalue weighted by atomic mass is 10.3. The van der Waals surface area contributed by atoms with Crippen LogP contribution >= 0.6 is 11.6 Å². The van der Waals surface area contributed by atoms with Gasteiger partial charge in [0.15, 0.2) is 0 Å². The van der Waals surface area contributed by atoms with E-state index in [1.54, 1.807) is 23.1 Å². The Labute approximate surface area is 176 Å². The van der Waals surface area contributed by atoms with Gasteiger partial charge in [-0.05, 0) is 36.4 Å². The number of hydrogen-bond acceptors (Lipinski definition) is 7. The number of hydrogen-bond donors (Lipinski definition) is 0. The smallest absolute Gasteiger partial charge is 0.348 e. The molecule has 30 heavy (non-hydrogen) atoms. The number of benzene rings is 1. The van der Waals surface area contributed by atoms with Gasteiger partial charge in [-0.3, -0.25) is 19.3 Å². The number of sulfonamides is 1. The fourth-order valence-corrected chi connectivity index (χ4v) is 4.89. The van der Waals surface area contributed by atoms with Gasteiger partial charge in [0.2, 0.25) is 15.8 Å². The molecule has 0 unspecified atom stereocenters. The standard InChI is InChI=1S/C18H16ClN5O5S/c19-13-4-6-14(7-5-13)30(28,29)22-11-9-21(10-12-22)17-16(24(26)27)18(25)23-8-2-1-3-15(23)20-17/h1-8H,9-12H2. The molecule has 3 aromatic rings. The monoisotopic (exact) mass is 449 g/mol. The molecule has 4 rings (SSSR count). The topological polar surface area (TPSA) is 118 Å². The van der Waals surface area contributed by atoms with Crippen molar-refractivity contribution in [3.63, 3.8) is 0 Å². The number of anilines is 1. The Balaban J connectivity index is 1.64. The van der Waals surface area contributed by atoms with Crippen molar-refractivity contribution in [3.8, 4) is 0 Å². The Morgan fingerprint density at radius 1 is 1.03 bits per heavy atom. The lowest BCUT2D eigenvalue weighted by Gasteiger charge is -2.34. The van der Waals surface area contributed by atoms with Gasteiger partial charge >= 0.3 is 11.2 Å². The molecule has 12 heteroatoms. The van der Waals surface area contributed by atoms with Crippen molar-refractivity contribution < 1.29 is 13.3 Å². The summed E-state index contributed by atoms with van der Waals surface area (Å²) in [5, 5.41) is 12.0. The van der Waals surface area contributed by atoms with Crippen molar-refractivity contribution in [2.45, 2.75) is 4.90 Å². The summed E-state index contributed by atoms with van der Waals surface area (Å²) in [5.74, 6) is -0.0558. The van der Waals surface area contributed by atoms with E-state index < -0.39 is 26.2 Å². The first-order valence-corrected chi connectivity index (χ1v) is 10.8. The lowest BCUT2D eigenvalue weighted by molar-refractivity contribution is -0.385. The van der Waals surface area contributed by atoms with E-state index in [2.05, 4.69) is 4.98 Å². The number of halogens is 1. The second-order valence-electron chi connectivity index (χ2n) is 6.62. The number of piperazine rings is 1. The van der Waals surface area contributed by atoms with E-state index in [1.807, 2.05) is 0 Å². The van der Waals surface area contributed by atoms with Crippen molar-refractivity contribution in [1.82, 2.24) is 13.7 Å². The molecular formula is C18H16ClN5O5S. The molecule has 2 aromatic heterocycles. The van der Waals surface area contributed by atoms with E-state index in [0.29, 0.717) is 5.02 Å². The highest BCUT2D eigenvalue weighted by molar-refractivity contribution is 7.89. The summed E-state index contributed by atoms with van der Waals surface area (Å²) >= 11 is 5.82. The van der Waals surface area contributed by atoms with Gasteiger partial charge in [-0.15, -0.1) is 0 Å². The maximum absolute atomic E-state index is 12.8. The van der Waals surface area contributed by atoms with Crippen LogP contribution in [0, 0.1) is 10.1 Å². The minimum atomic E-state index is -3.73. The zero-order chi connectivity index (χ0) is 21.5. The molecule has 10 nitrogen and oxygen atoms in total. The minimum Gasteiger partial charge on any atom is -0.348 e. The summed E-state index contributed by atoms with van der Waals surface area (Å²) in [5.41, 5.74) is -1.14. The lowest BCUT2D eigenvalue weighted by Crippen LogP contribution is -2.49. The number of nitro groups is 1. The van der Waals surface area contributed by atoms with Crippen molar-refractivity contribution in [1.29, 1.82) is 0 Å². The Hall–Kier alpha value is -3.02. The van der Waals surface area contributed by atoms with Crippen LogP contribution in [0.15, 0.2) is 58.4 Å². The van der Waals surface area contributed by atoms with Crippen LogP contribution in [0.25, 0.3) is 5.65 Å². The van der Waals surface area contributed by atoms with Crippen molar-refractivity contribution >= 4 is 38.8 Å². The molecule has 0 aliphatic carbocycles. The number of nitrogens with zero attached hydrogens (tertiary/aromatic N) is 5. The third-order valence-corrected chi connectivity index (χ3v) is 7.03. The Kier molecular flexibility index (Phi) is 5.18. The Morgan fingerprint density at radius 3 is 2.33 bits per heavy atom. The molecule has 3 heterocycles. The largest absolute Gasteiger partial charge is 0.376 e. The normalized spacial score (nSPS) is 15.4. The minimum absolute atomic E-state index is 0.0558. The summed E-state index contributed by atoms with van der Waals surface area (Å²) in [4.78, 5) is 29.4. The van der Waals surface area contributed by atoms with E-state index in [9.17, 15) is 23.3 Å². The first-order valence-electron chi connectivity index (χ1n) is 8.95. The van der Waals surface area contributed by atoms with Gasteiger partial charge in [-0.25, -0.2) is 13.4 Å². The van der Waals surface area contributed by atoms with E-state index in [0.717, 1.165) is 4.40 Å². The molecule has 0 N–H and O–H groups in total. The summed E-state index contributed by atoms with van der Waals surface area (Å²) in [6, 6.07) is 10.7. The van der Waals surface area contributed by atoms with Gasteiger partial charge in [0.25, 0.3) is 0 Å². The van der Waals surface area contributed by atoms with Gasteiger partial charge < -0.3 is 4.90 Å². The van der Waals surface area contributed by atoms with Crippen LogP contribution in [0.4, 0.5) is 11.5 Å². The van der Waals surface area contributed by atoms with E-state index in [1.165, 1.54) is 34.8 Å². The molecule has 0 amide bonds.